The van der Waals surface area contributed by atoms with Crippen molar-refractivity contribution in [2.24, 2.45) is 0 Å². The number of benzene rings is 2. The summed E-state index contributed by atoms with van der Waals surface area (Å²) in [7, 11) is 0. The van der Waals surface area contributed by atoms with Gasteiger partial charge >= 0.3 is 5.97 Å². The smallest absolute Gasteiger partial charge is 0.326 e. The first-order chi connectivity index (χ1) is 11.7. The highest BCUT2D eigenvalue weighted by molar-refractivity contribution is 5.96. The van der Waals surface area contributed by atoms with Crippen LogP contribution in [0.5, 0.6) is 5.75 Å². The summed E-state index contributed by atoms with van der Waals surface area (Å²) in [6, 6.07) is 14.8. The molecular formula is C20H23NO4. The summed E-state index contributed by atoms with van der Waals surface area (Å²) >= 11 is 0. The van der Waals surface area contributed by atoms with Gasteiger partial charge in [0.1, 0.15) is 17.4 Å². The van der Waals surface area contributed by atoms with Gasteiger partial charge in [0.25, 0.3) is 5.91 Å². The van der Waals surface area contributed by atoms with Crippen LogP contribution in [0.4, 0.5) is 0 Å². The van der Waals surface area contributed by atoms with Crippen molar-refractivity contribution in [3.63, 3.8) is 0 Å². The molecule has 5 heteroatoms. The van der Waals surface area contributed by atoms with Gasteiger partial charge in [-0.1, -0.05) is 30.3 Å². The van der Waals surface area contributed by atoms with E-state index in [1.54, 1.807) is 42.5 Å². The van der Waals surface area contributed by atoms with Gasteiger partial charge in [-0.3, -0.25) is 4.79 Å². The normalized spacial score (nSPS) is 12.3. The number of hydrogen-bond donors (Lipinski definition) is 2. The van der Waals surface area contributed by atoms with Crippen molar-refractivity contribution in [2.75, 3.05) is 0 Å². The van der Waals surface area contributed by atoms with E-state index in [2.05, 4.69) is 5.32 Å². The molecule has 2 N–H and O–H groups in total. The van der Waals surface area contributed by atoms with E-state index in [-0.39, 0.29) is 12.0 Å². The number of aliphatic carboxylic acids is 1. The summed E-state index contributed by atoms with van der Waals surface area (Å²) in [5.74, 6) is -0.753. The van der Waals surface area contributed by atoms with E-state index in [0.717, 1.165) is 11.3 Å². The van der Waals surface area contributed by atoms with Crippen LogP contribution in [0.3, 0.4) is 0 Å². The van der Waals surface area contributed by atoms with Gasteiger partial charge in [-0.2, -0.15) is 0 Å². The zero-order valence-electron chi connectivity index (χ0n) is 14.7. The molecule has 2 aromatic rings. The lowest BCUT2D eigenvalue weighted by Gasteiger charge is -2.21. The molecule has 0 radical (unpaired) electrons. The summed E-state index contributed by atoms with van der Waals surface area (Å²) in [4.78, 5) is 23.7. The van der Waals surface area contributed by atoms with Crippen LogP contribution in [0.2, 0.25) is 0 Å². The first kappa shape index (κ1) is 18.5. The van der Waals surface area contributed by atoms with E-state index in [0.29, 0.717) is 5.56 Å². The molecule has 0 saturated heterocycles. The fourth-order valence-corrected chi connectivity index (χ4v) is 2.31. The zero-order chi connectivity index (χ0) is 18.4. The monoisotopic (exact) mass is 341 g/mol. The first-order valence-electron chi connectivity index (χ1n) is 8.11. The summed E-state index contributed by atoms with van der Waals surface area (Å²) in [6.07, 6.45) is 0.198. The predicted octanol–water partition coefficient (Wildman–Crippen LogP) is 3.29. The molecule has 1 atom stereocenters. The van der Waals surface area contributed by atoms with E-state index < -0.39 is 17.9 Å². The van der Waals surface area contributed by atoms with Gasteiger partial charge in [0, 0.05) is 12.0 Å². The maximum atomic E-state index is 12.2. The average molecular weight is 341 g/mol. The van der Waals surface area contributed by atoms with Gasteiger partial charge in [-0.25, -0.2) is 4.79 Å². The summed E-state index contributed by atoms with van der Waals surface area (Å²) < 4.78 is 5.75. The van der Waals surface area contributed by atoms with Gasteiger partial charge < -0.3 is 15.2 Å². The third kappa shape index (κ3) is 5.95. The predicted molar refractivity (Wildman–Crippen MR) is 95.9 cm³/mol. The molecule has 132 valence electrons. The summed E-state index contributed by atoms with van der Waals surface area (Å²) in [6.45, 7) is 5.88. The van der Waals surface area contributed by atoms with Crippen LogP contribution in [0.25, 0.3) is 0 Å². The Labute approximate surface area is 147 Å². The summed E-state index contributed by atoms with van der Waals surface area (Å²) in [5.41, 5.74) is 0.944. The molecule has 0 aliphatic rings. The van der Waals surface area contributed by atoms with Crippen LogP contribution in [0, 0.1) is 0 Å². The molecule has 2 rings (SSSR count). The molecule has 0 heterocycles. The number of carboxylic acids is 1. The van der Waals surface area contributed by atoms with Crippen molar-refractivity contribution in [1.82, 2.24) is 5.32 Å². The average Bonchev–Trinajstić information content (AvgIpc) is 2.55. The Kier molecular flexibility index (Phi) is 5.80. The minimum absolute atomic E-state index is 0.198. The van der Waals surface area contributed by atoms with Crippen LogP contribution in [0.1, 0.15) is 36.7 Å². The van der Waals surface area contributed by atoms with Crippen LogP contribution in [-0.2, 0) is 11.2 Å². The Hall–Kier alpha value is -2.82. The number of carboxylic acid groups (broad SMARTS) is 1. The van der Waals surface area contributed by atoms with Crippen LogP contribution in [-0.4, -0.2) is 28.6 Å². The Morgan fingerprint density at radius 1 is 1.04 bits per heavy atom. The van der Waals surface area contributed by atoms with Gasteiger partial charge in [0.2, 0.25) is 0 Å². The topological polar surface area (TPSA) is 75.6 Å². The highest BCUT2D eigenvalue weighted by Gasteiger charge is 2.21. The molecule has 0 unspecified atom stereocenters. The largest absolute Gasteiger partial charge is 0.488 e. The van der Waals surface area contributed by atoms with Crippen molar-refractivity contribution in [2.45, 2.75) is 38.8 Å². The number of nitrogens with one attached hydrogen (secondary N) is 1. The van der Waals surface area contributed by atoms with Crippen molar-refractivity contribution < 1.29 is 19.4 Å². The molecule has 0 aliphatic heterocycles. The Morgan fingerprint density at radius 2 is 1.64 bits per heavy atom. The Bertz CT molecular complexity index is 718. The molecule has 25 heavy (non-hydrogen) atoms. The number of ether oxygens (including phenoxy) is 1. The molecule has 5 nitrogen and oxygen atoms in total. The number of carbonyl (C=O) groups excluding carboxylic acids is 1. The van der Waals surface area contributed by atoms with Crippen LogP contribution < -0.4 is 10.1 Å². The lowest BCUT2D eigenvalue weighted by molar-refractivity contribution is -0.139. The molecule has 0 fully saturated rings. The number of amides is 1. The number of carbonyl (C=O) groups is 2. The molecule has 0 spiro atoms. The molecule has 0 bridgehead atoms. The van der Waals surface area contributed by atoms with Gasteiger partial charge in [-0.05, 0) is 50.6 Å². The second-order valence-corrected chi connectivity index (χ2v) is 6.79. The number of hydrogen-bond acceptors (Lipinski definition) is 3. The zero-order valence-corrected chi connectivity index (χ0v) is 14.7. The van der Waals surface area contributed by atoms with Crippen molar-refractivity contribution in [3.8, 4) is 5.75 Å². The van der Waals surface area contributed by atoms with Gasteiger partial charge in [0.05, 0.1) is 0 Å². The first-order valence-corrected chi connectivity index (χ1v) is 8.11. The minimum atomic E-state index is -1.07. The quantitative estimate of drug-likeness (QED) is 0.845. The highest BCUT2D eigenvalue weighted by atomic mass is 16.5. The molecule has 2 aromatic carbocycles. The lowest BCUT2D eigenvalue weighted by atomic mass is 10.0. The third-order valence-electron chi connectivity index (χ3n) is 3.43. The second kappa shape index (κ2) is 7.83. The molecule has 0 aliphatic carbocycles. The lowest BCUT2D eigenvalue weighted by Crippen LogP contribution is -2.42. The maximum Gasteiger partial charge on any atom is 0.326 e. The van der Waals surface area contributed by atoms with Crippen molar-refractivity contribution in [1.29, 1.82) is 0 Å². The molecule has 0 aromatic heterocycles. The van der Waals surface area contributed by atoms with Crippen LogP contribution in [0.15, 0.2) is 54.6 Å². The second-order valence-electron chi connectivity index (χ2n) is 6.79. The SMILES string of the molecule is CC(C)(C)Oc1ccc(C[C@H](NC(=O)c2ccccc2)C(=O)O)cc1. The number of rotatable bonds is 6. The standard InChI is InChI=1S/C20H23NO4/c1-20(2,3)25-16-11-9-14(10-12-16)13-17(19(23)24)21-18(22)15-7-5-4-6-8-15/h4-12,17H,13H2,1-3H3,(H,21,22)(H,23,24)/t17-/m0/s1. The fraction of sp³-hybridized carbons (Fsp3) is 0.300. The Balaban J connectivity index is 2.04. The highest BCUT2D eigenvalue weighted by Crippen LogP contribution is 2.19. The summed E-state index contributed by atoms with van der Waals surface area (Å²) in [5, 5.41) is 12.0. The third-order valence-corrected chi connectivity index (χ3v) is 3.43. The van der Waals surface area contributed by atoms with Crippen LogP contribution >= 0.6 is 0 Å². The van der Waals surface area contributed by atoms with Gasteiger partial charge in [0.15, 0.2) is 0 Å². The Morgan fingerprint density at radius 3 is 2.16 bits per heavy atom. The minimum Gasteiger partial charge on any atom is -0.488 e. The maximum absolute atomic E-state index is 12.2. The van der Waals surface area contributed by atoms with E-state index >= 15 is 0 Å². The fourth-order valence-electron chi connectivity index (χ4n) is 2.31. The molecule has 0 saturated carbocycles. The van der Waals surface area contributed by atoms with Gasteiger partial charge in [-0.15, -0.1) is 0 Å². The van der Waals surface area contributed by atoms with E-state index in [1.165, 1.54) is 0 Å². The van der Waals surface area contributed by atoms with E-state index in [1.807, 2.05) is 32.9 Å². The molecule has 1 amide bonds. The molecular weight excluding hydrogens is 318 g/mol. The van der Waals surface area contributed by atoms with E-state index in [9.17, 15) is 14.7 Å². The van der Waals surface area contributed by atoms with Crippen molar-refractivity contribution >= 4 is 11.9 Å². The van der Waals surface area contributed by atoms with Crippen molar-refractivity contribution in [3.05, 3.63) is 65.7 Å². The van der Waals surface area contributed by atoms with E-state index in [4.69, 9.17) is 4.74 Å².